The maximum Gasteiger partial charge on any atom is 0.145 e. The van der Waals surface area contributed by atoms with Crippen LogP contribution in [-0.2, 0) is 0 Å². The largest absolute Gasteiger partial charge is 0.455 e. The van der Waals surface area contributed by atoms with Gasteiger partial charge in [0, 0.05) is 60.2 Å². The standard InChI is InChI=1S/C58H36N2O2/c1-2-18-42-37(14-1)15-12-27-50(42)59(40-32-30-38(31-33-40)43-23-13-24-48-46-21-5-9-28-54(46)61-57(43)48)53-35-34-49-47-22-6-10-29-55(47)62-58(49)56(53)39-16-11-17-41(36-39)60-51-25-7-3-19-44(51)45-20-4-8-26-52(45)60/h1-36H. The summed E-state index contributed by atoms with van der Waals surface area (Å²) in [6, 6.07) is 78.0. The van der Waals surface area contributed by atoms with Gasteiger partial charge in [0.1, 0.15) is 22.3 Å². The summed E-state index contributed by atoms with van der Waals surface area (Å²) in [5.41, 5.74) is 14.3. The van der Waals surface area contributed by atoms with Gasteiger partial charge >= 0.3 is 0 Å². The van der Waals surface area contributed by atoms with Crippen molar-refractivity contribution in [3.63, 3.8) is 0 Å². The van der Waals surface area contributed by atoms with Crippen molar-refractivity contribution >= 4 is 93.5 Å². The van der Waals surface area contributed by atoms with Crippen molar-refractivity contribution in [2.75, 3.05) is 4.90 Å². The van der Waals surface area contributed by atoms with E-state index in [1.54, 1.807) is 0 Å². The second-order valence-electron chi connectivity index (χ2n) is 16.0. The van der Waals surface area contributed by atoms with Gasteiger partial charge in [-0.3, -0.25) is 0 Å². The minimum atomic E-state index is 0.849. The fraction of sp³-hybridized carbons (Fsp3) is 0. The molecule has 0 aliphatic rings. The van der Waals surface area contributed by atoms with Gasteiger partial charge in [-0.05, 0) is 83.2 Å². The van der Waals surface area contributed by atoms with Crippen molar-refractivity contribution in [3.8, 4) is 27.9 Å². The Labute approximate surface area is 356 Å². The molecule has 4 heteroatoms. The second-order valence-corrected chi connectivity index (χ2v) is 16.0. The Hall–Kier alpha value is -8.34. The summed E-state index contributed by atoms with van der Waals surface area (Å²) in [4.78, 5) is 2.41. The van der Waals surface area contributed by atoms with E-state index in [-0.39, 0.29) is 0 Å². The molecular weight excluding hydrogens is 757 g/mol. The molecule has 0 saturated heterocycles. The quantitative estimate of drug-likeness (QED) is 0.168. The predicted octanol–water partition coefficient (Wildman–Crippen LogP) is 16.5. The third kappa shape index (κ3) is 5.20. The monoisotopic (exact) mass is 792 g/mol. The van der Waals surface area contributed by atoms with Gasteiger partial charge in [-0.2, -0.15) is 0 Å². The highest BCUT2D eigenvalue weighted by molar-refractivity contribution is 6.15. The number of furan rings is 2. The molecule has 0 bridgehead atoms. The molecule has 0 spiro atoms. The third-order valence-corrected chi connectivity index (χ3v) is 12.6. The van der Waals surface area contributed by atoms with E-state index in [4.69, 9.17) is 8.83 Å². The molecule has 0 amide bonds. The van der Waals surface area contributed by atoms with Crippen molar-refractivity contribution in [1.29, 1.82) is 0 Å². The molecule has 0 aliphatic carbocycles. The molecule has 0 atom stereocenters. The van der Waals surface area contributed by atoms with Crippen molar-refractivity contribution in [2.45, 2.75) is 0 Å². The van der Waals surface area contributed by atoms with E-state index >= 15 is 0 Å². The maximum absolute atomic E-state index is 6.96. The average Bonchev–Trinajstić information content (AvgIpc) is 4.02. The topological polar surface area (TPSA) is 34.5 Å². The van der Waals surface area contributed by atoms with Gasteiger partial charge in [0.25, 0.3) is 0 Å². The van der Waals surface area contributed by atoms with Gasteiger partial charge in [0.2, 0.25) is 0 Å². The van der Waals surface area contributed by atoms with Crippen molar-refractivity contribution in [3.05, 3.63) is 218 Å². The Bertz CT molecular complexity index is 3830. The number of para-hydroxylation sites is 5. The highest BCUT2D eigenvalue weighted by Gasteiger charge is 2.25. The average molecular weight is 793 g/mol. The molecule has 13 rings (SSSR count). The van der Waals surface area contributed by atoms with E-state index < -0.39 is 0 Å². The molecule has 3 heterocycles. The molecule has 0 aliphatic heterocycles. The number of aromatic nitrogens is 1. The Morgan fingerprint density at radius 1 is 0.355 bits per heavy atom. The van der Waals surface area contributed by atoms with Gasteiger partial charge < -0.3 is 18.3 Å². The number of nitrogens with zero attached hydrogens (tertiary/aromatic N) is 2. The van der Waals surface area contributed by atoms with Gasteiger partial charge in [-0.1, -0.05) is 152 Å². The summed E-state index contributed by atoms with van der Waals surface area (Å²) in [6.07, 6.45) is 0. The molecule has 4 nitrogen and oxygen atoms in total. The lowest BCUT2D eigenvalue weighted by atomic mass is 9.97. The number of rotatable bonds is 6. The highest BCUT2D eigenvalue weighted by Crippen LogP contribution is 2.49. The molecule has 0 radical (unpaired) electrons. The van der Waals surface area contributed by atoms with E-state index in [2.05, 4.69) is 210 Å². The van der Waals surface area contributed by atoms with Gasteiger partial charge in [-0.25, -0.2) is 0 Å². The van der Waals surface area contributed by atoms with E-state index in [1.165, 1.54) is 27.2 Å². The number of anilines is 3. The van der Waals surface area contributed by atoms with Gasteiger partial charge in [0.15, 0.2) is 0 Å². The minimum absolute atomic E-state index is 0.849. The van der Waals surface area contributed by atoms with Crippen LogP contribution >= 0.6 is 0 Å². The fourth-order valence-corrected chi connectivity index (χ4v) is 9.82. The summed E-state index contributed by atoms with van der Waals surface area (Å²) in [5.74, 6) is 0. The molecule has 13 aromatic rings. The maximum atomic E-state index is 6.96. The first kappa shape index (κ1) is 34.5. The third-order valence-electron chi connectivity index (χ3n) is 12.6. The lowest BCUT2D eigenvalue weighted by Gasteiger charge is -2.29. The Morgan fingerprint density at radius 3 is 1.66 bits per heavy atom. The summed E-state index contributed by atoms with van der Waals surface area (Å²) >= 11 is 0. The molecule has 0 fully saturated rings. The Kier molecular flexibility index (Phi) is 7.57. The SMILES string of the molecule is c1cc(-c2c(N(c3ccc(-c4cccc5c4oc4ccccc45)cc3)c3cccc4ccccc34)ccc3c2oc2ccccc23)cc(-n2c3ccccc3c3ccccc32)c1. The summed E-state index contributed by atoms with van der Waals surface area (Å²) in [6.45, 7) is 0. The van der Waals surface area contributed by atoms with Crippen LogP contribution in [0.4, 0.5) is 17.1 Å². The molecule has 0 N–H and O–H groups in total. The Balaban J connectivity index is 1.06. The van der Waals surface area contributed by atoms with Crippen LogP contribution in [0.2, 0.25) is 0 Å². The van der Waals surface area contributed by atoms with Gasteiger partial charge in [-0.15, -0.1) is 0 Å². The molecule has 290 valence electrons. The lowest BCUT2D eigenvalue weighted by molar-refractivity contribution is 0.669. The second kappa shape index (κ2) is 13.6. The van der Waals surface area contributed by atoms with Gasteiger partial charge in [0.05, 0.1) is 22.4 Å². The molecule has 0 unspecified atom stereocenters. The molecule has 3 aromatic heterocycles. The molecular formula is C58H36N2O2. The van der Waals surface area contributed by atoms with Crippen molar-refractivity contribution in [1.82, 2.24) is 4.57 Å². The van der Waals surface area contributed by atoms with Crippen LogP contribution in [0.15, 0.2) is 227 Å². The van der Waals surface area contributed by atoms with Crippen LogP contribution < -0.4 is 4.90 Å². The number of hydrogen-bond donors (Lipinski definition) is 0. The van der Waals surface area contributed by atoms with E-state index in [0.29, 0.717) is 0 Å². The summed E-state index contributed by atoms with van der Waals surface area (Å²) in [5, 5.41) is 9.20. The van der Waals surface area contributed by atoms with Crippen LogP contribution in [0.3, 0.4) is 0 Å². The molecule has 62 heavy (non-hydrogen) atoms. The molecule has 0 saturated carbocycles. The zero-order valence-electron chi connectivity index (χ0n) is 33.5. The van der Waals surface area contributed by atoms with E-state index in [9.17, 15) is 0 Å². The van der Waals surface area contributed by atoms with E-state index in [0.717, 1.165) is 94.3 Å². The first-order valence-corrected chi connectivity index (χ1v) is 21.1. The first-order chi connectivity index (χ1) is 30.8. The van der Waals surface area contributed by atoms with Crippen LogP contribution in [0.5, 0.6) is 0 Å². The zero-order chi connectivity index (χ0) is 40.7. The smallest absolute Gasteiger partial charge is 0.145 e. The lowest BCUT2D eigenvalue weighted by Crippen LogP contribution is -2.12. The Morgan fingerprint density at radius 2 is 0.919 bits per heavy atom. The minimum Gasteiger partial charge on any atom is -0.455 e. The van der Waals surface area contributed by atoms with Crippen LogP contribution in [-0.4, -0.2) is 4.57 Å². The van der Waals surface area contributed by atoms with Crippen LogP contribution in [0.1, 0.15) is 0 Å². The fourth-order valence-electron chi connectivity index (χ4n) is 9.82. The predicted molar refractivity (Wildman–Crippen MR) is 258 cm³/mol. The number of fused-ring (bicyclic) bond motifs is 10. The van der Waals surface area contributed by atoms with Crippen LogP contribution in [0, 0.1) is 0 Å². The van der Waals surface area contributed by atoms with Crippen molar-refractivity contribution in [2.24, 2.45) is 0 Å². The first-order valence-electron chi connectivity index (χ1n) is 21.1. The van der Waals surface area contributed by atoms with Crippen LogP contribution in [0.25, 0.3) is 104 Å². The summed E-state index contributed by atoms with van der Waals surface area (Å²) in [7, 11) is 0. The zero-order valence-corrected chi connectivity index (χ0v) is 33.5. The summed E-state index contributed by atoms with van der Waals surface area (Å²) < 4.78 is 15.8. The molecule has 10 aromatic carbocycles. The normalized spacial score (nSPS) is 11.9. The number of hydrogen-bond acceptors (Lipinski definition) is 3. The number of benzene rings is 10. The highest BCUT2D eigenvalue weighted by atomic mass is 16.3. The van der Waals surface area contributed by atoms with Crippen molar-refractivity contribution < 1.29 is 8.83 Å². The van der Waals surface area contributed by atoms with E-state index in [1.807, 2.05) is 18.2 Å².